The minimum atomic E-state index is -0.761. The van der Waals surface area contributed by atoms with Crippen molar-refractivity contribution in [3.8, 4) is 11.5 Å². The van der Waals surface area contributed by atoms with Crippen LogP contribution in [0.4, 0.5) is 0 Å². The molecule has 1 saturated carbocycles. The zero-order chi connectivity index (χ0) is 17.7. The molecule has 1 aromatic carbocycles. The number of amides is 1. The Morgan fingerprint density at radius 1 is 1.12 bits per heavy atom. The maximum Gasteiger partial charge on any atom is 0.306 e. The average molecular weight is 335 g/mol. The van der Waals surface area contributed by atoms with Crippen molar-refractivity contribution in [2.45, 2.75) is 38.6 Å². The Hall–Kier alpha value is -2.24. The largest absolute Gasteiger partial charge is 0.497 e. The third-order valence-electron chi connectivity index (χ3n) is 4.71. The number of carbonyl (C=O) groups excluding carboxylic acids is 1. The smallest absolute Gasteiger partial charge is 0.306 e. The Bertz CT molecular complexity index is 593. The number of carbonyl (C=O) groups is 2. The zero-order valence-electron chi connectivity index (χ0n) is 14.4. The summed E-state index contributed by atoms with van der Waals surface area (Å²) in [6, 6.07) is 5.25. The van der Waals surface area contributed by atoms with Crippen molar-refractivity contribution in [2.75, 3.05) is 14.2 Å². The molecule has 0 heterocycles. The first-order valence-corrected chi connectivity index (χ1v) is 8.21. The van der Waals surface area contributed by atoms with Crippen LogP contribution in [0.1, 0.15) is 44.2 Å². The van der Waals surface area contributed by atoms with Gasteiger partial charge in [0.25, 0.3) is 0 Å². The van der Waals surface area contributed by atoms with Crippen LogP contribution in [0.2, 0.25) is 0 Å². The van der Waals surface area contributed by atoms with Crippen LogP contribution in [0.5, 0.6) is 11.5 Å². The van der Waals surface area contributed by atoms with E-state index in [2.05, 4.69) is 5.32 Å². The Morgan fingerprint density at radius 2 is 1.75 bits per heavy atom. The van der Waals surface area contributed by atoms with Gasteiger partial charge in [-0.1, -0.05) is 0 Å². The number of nitrogens with one attached hydrogen (secondary N) is 1. The summed E-state index contributed by atoms with van der Waals surface area (Å²) >= 11 is 0. The highest BCUT2D eigenvalue weighted by Crippen LogP contribution is 2.32. The lowest BCUT2D eigenvalue weighted by atomic mass is 9.81. The predicted molar refractivity (Wildman–Crippen MR) is 89.2 cm³/mol. The number of carboxylic acids is 1. The summed E-state index contributed by atoms with van der Waals surface area (Å²) in [5.41, 5.74) is 0.851. The number of hydrogen-bond donors (Lipinski definition) is 2. The number of rotatable bonds is 6. The van der Waals surface area contributed by atoms with Gasteiger partial charge in [0, 0.05) is 11.5 Å². The fourth-order valence-electron chi connectivity index (χ4n) is 3.19. The number of hydrogen-bond acceptors (Lipinski definition) is 4. The van der Waals surface area contributed by atoms with Crippen LogP contribution in [0, 0.1) is 11.8 Å². The van der Waals surface area contributed by atoms with E-state index in [0.29, 0.717) is 37.2 Å². The van der Waals surface area contributed by atoms with Gasteiger partial charge in [-0.05, 0) is 50.8 Å². The van der Waals surface area contributed by atoms with Crippen molar-refractivity contribution in [3.63, 3.8) is 0 Å². The Kier molecular flexibility index (Phi) is 6.06. The summed E-state index contributed by atoms with van der Waals surface area (Å²) in [5, 5.41) is 12.1. The topological polar surface area (TPSA) is 84.9 Å². The number of benzene rings is 1. The fraction of sp³-hybridized carbons (Fsp3) is 0.556. The second kappa shape index (κ2) is 8.04. The SMILES string of the molecule is COc1ccc(OC)c(C(C)NC(=O)C2CCC(C(=O)O)CC2)c1. The number of ether oxygens (including phenoxy) is 2. The van der Waals surface area contributed by atoms with Crippen molar-refractivity contribution in [3.05, 3.63) is 23.8 Å². The van der Waals surface area contributed by atoms with Crippen molar-refractivity contribution in [1.82, 2.24) is 5.32 Å². The molecular formula is C18H25NO5. The van der Waals surface area contributed by atoms with Crippen molar-refractivity contribution < 1.29 is 24.2 Å². The molecule has 1 unspecified atom stereocenters. The lowest BCUT2D eigenvalue weighted by Crippen LogP contribution is -2.35. The summed E-state index contributed by atoms with van der Waals surface area (Å²) in [5.74, 6) is 0.163. The van der Waals surface area contributed by atoms with Gasteiger partial charge in [-0.2, -0.15) is 0 Å². The van der Waals surface area contributed by atoms with Crippen molar-refractivity contribution in [2.24, 2.45) is 11.8 Å². The molecule has 6 heteroatoms. The highest BCUT2D eigenvalue weighted by Gasteiger charge is 2.30. The lowest BCUT2D eigenvalue weighted by Gasteiger charge is -2.27. The molecule has 0 spiro atoms. The van der Waals surface area contributed by atoms with Gasteiger partial charge in [0.2, 0.25) is 5.91 Å². The summed E-state index contributed by atoms with van der Waals surface area (Å²) in [6.45, 7) is 1.90. The maximum absolute atomic E-state index is 12.5. The van der Waals surface area contributed by atoms with Crippen LogP contribution < -0.4 is 14.8 Å². The van der Waals surface area contributed by atoms with Crippen molar-refractivity contribution >= 4 is 11.9 Å². The van der Waals surface area contributed by atoms with E-state index in [-0.39, 0.29) is 23.8 Å². The van der Waals surface area contributed by atoms with E-state index in [4.69, 9.17) is 14.6 Å². The van der Waals surface area contributed by atoms with Gasteiger partial charge in [-0.15, -0.1) is 0 Å². The molecule has 1 aliphatic rings. The van der Waals surface area contributed by atoms with Gasteiger partial charge in [0.1, 0.15) is 11.5 Å². The van der Waals surface area contributed by atoms with E-state index in [1.165, 1.54) is 0 Å². The van der Waals surface area contributed by atoms with Crippen LogP contribution in [0.3, 0.4) is 0 Å². The first kappa shape index (κ1) is 18.1. The Labute approximate surface area is 142 Å². The Morgan fingerprint density at radius 3 is 2.29 bits per heavy atom. The van der Waals surface area contributed by atoms with E-state index in [0.717, 1.165) is 5.56 Å². The summed E-state index contributed by atoms with van der Waals surface area (Å²) in [7, 11) is 3.18. The minimum Gasteiger partial charge on any atom is -0.497 e. The zero-order valence-corrected chi connectivity index (χ0v) is 14.4. The third kappa shape index (κ3) is 4.19. The predicted octanol–water partition coefficient (Wildman–Crippen LogP) is 2.77. The maximum atomic E-state index is 12.5. The first-order valence-electron chi connectivity index (χ1n) is 8.21. The third-order valence-corrected chi connectivity index (χ3v) is 4.71. The molecular weight excluding hydrogens is 310 g/mol. The molecule has 1 fully saturated rings. The number of methoxy groups -OCH3 is 2. The normalized spacial score (nSPS) is 21.6. The standard InChI is InChI=1S/C18H25NO5/c1-11(15-10-14(23-2)8-9-16(15)24-3)19-17(20)12-4-6-13(7-5-12)18(21)22/h8-13H,4-7H2,1-3H3,(H,19,20)(H,21,22). The molecule has 2 N–H and O–H groups in total. The van der Waals surface area contributed by atoms with E-state index in [9.17, 15) is 9.59 Å². The molecule has 132 valence electrons. The number of aliphatic carboxylic acids is 1. The van der Waals surface area contributed by atoms with Crippen LogP contribution in [-0.4, -0.2) is 31.2 Å². The second-order valence-corrected chi connectivity index (χ2v) is 6.22. The fourth-order valence-corrected chi connectivity index (χ4v) is 3.19. The highest BCUT2D eigenvalue weighted by atomic mass is 16.5. The van der Waals surface area contributed by atoms with Gasteiger partial charge in [0.15, 0.2) is 0 Å². The quantitative estimate of drug-likeness (QED) is 0.835. The minimum absolute atomic E-state index is 0.0313. The van der Waals surface area contributed by atoms with E-state index >= 15 is 0 Å². The van der Waals surface area contributed by atoms with Crippen LogP contribution in [0.15, 0.2) is 18.2 Å². The molecule has 6 nitrogen and oxygen atoms in total. The van der Waals surface area contributed by atoms with E-state index in [1.54, 1.807) is 14.2 Å². The molecule has 1 atom stereocenters. The molecule has 0 aliphatic heterocycles. The van der Waals surface area contributed by atoms with Crippen molar-refractivity contribution in [1.29, 1.82) is 0 Å². The monoisotopic (exact) mass is 335 g/mol. The summed E-state index contributed by atoms with van der Waals surface area (Å²) in [4.78, 5) is 23.5. The molecule has 1 aliphatic carbocycles. The lowest BCUT2D eigenvalue weighted by molar-refractivity contribution is -0.144. The molecule has 2 rings (SSSR count). The van der Waals surface area contributed by atoms with Gasteiger partial charge >= 0.3 is 5.97 Å². The van der Waals surface area contributed by atoms with E-state index in [1.807, 2.05) is 25.1 Å². The van der Waals surface area contributed by atoms with E-state index < -0.39 is 5.97 Å². The van der Waals surface area contributed by atoms with Crippen LogP contribution >= 0.6 is 0 Å². The molecule has 1 aromatic rings. The van der Waals surface area contributed by atoms with Crippen LogP contribution in [0.25, 0.3) is 0 Å². The van der Waals surface area contributed by atoms with Gasteiger partial charge in [0.05, 0.1) is 26.2 Å². The van der Waals surface area contributed by atoms with Gasteiger partial charge in [-0.25, -0.2) is 0 Å². The Balaban J connectivity index is 2.00. The summed E-state index contributed by atoms with van der Waals surface area (Å²) in [6.07, 6.45) is 2.35. The molecule has 0 bridgehead atoms. The average Bonchev–Trinajstić information content (AvgIpc) is 2.60. The first-order chi connectivity index (χ1) is 11.5. The summed E-state index contributed by atoms with van der Waals surface area (Å²) < 4.78 is 10.6. The van der Waals surface area contributed by atoms with Crippen LogP contribution in [-0.2, 0) is 9.59 Å². The highest BCUT2D eigenvalue weighted by molar-refractivity contribution is 5.80. The molecule has 1 amide bonds. The van der Waals surface area contributed by atoms with Gasteiger partial charge < -0.3 is 19.9 Å². The molecule has 0 saturated heterocycles. The molecule has 0 aromatic heterocycles. The number of carboxylic acid groups (broad SMARTS) is 1. The van der Waals surface area contributed by atoms with Gasteiger partial charge in [-0.3, -0.25) is 9.59 Å². The second-order valence-electron chi connectivity index (χ2n) is 6.22. The molecule has 0 radical (unpaired) electrons. The molecule has 24 heavy (non-hydrogen) atoms.